The van der Waals surface area contributed by atoms with Crippen LogP contribution in [0, 0.1) is 3.70 Å². The van der Waals surface area contributed by atoms with Gasteiger partial charge in [-0.2, -0.15) is 5.10 Å². The summed E-state index contributed by atoms with van der Waals surface area (Å²) in [6, 6.07) is 2.37. The maximum Gasteiger partial charge on any atom is 0.170 e. The summed E-state index contributed by atoms with van der Waals surface area (Å²) >= 11 is 2.24. The normalized spacial score (nSPS) is 17.9. The minimum Gasteiger partial charge on any atom is -0.296 e. The predicted octanol–water partition coefficient (Wildman–Crippen LogP) is 2.42. The third kappa shape index (κ3) is 1.77. The fourth-order valence-electron chi connectivity index (χ4n) is 1.85. The Balaban J connectivity index is 2.27. The van der Waals surface area contributed by atoms with Crippen LogP contribution >= 0.6 is 22.6 Å². The van der Waals surface area contributed by atoms with E-state index in [2.05, 4.69) is 27.7 Å². The van der Waals surface area contributed by atoms with Gasteiger partial charge in [-0.05, 0) is 35.4 Å². The molecule has 0 aliphatic heterocycles. The Bertz CT molecular complexity index is 315. The molecule has 1 heterocycles. The molecule has 13 heavy (non-hydrogen) atoms. The van der Waals surface area contributed by atoms with Gasteiger partial charge in [0.2, 0.25) is 0 Å². The van der Waals surface area contributed by atoms with E-state index in [1.807, 2.05) is 10.7 Å². The first-order chi connectivity index (χ1) is 6.31. The van der Waals surface area contributed by atoms with Crippen molar-refractivity contribution in [3.8, 4) is 0 Å². The lowest BCUT2D eigenvalue weighted by Crippen LogP contribution is -2.08. The zero-order chi connectivity index (χ0) is 9.26. The Morgan fingerprint density at radius 2 is 2.23 bits per heavy atom. The molecule has 1 aromatic rings. The van der Waals surface area contributed by atoms with Crippen LogP contribution in [0.5, 0.6) is 0 Å². The smallest absolute Gasteiger partial charge is 0.170 e. The van der Waals surface area contributed by atoms with E-state index in [0.29, 0.717) is 11.7 Å². The summed E-state index contributed by atoms with van der Waals surface area (Å²) in [5.74, 6) is 0. The van der Waals surface area contributed by atoms with E-state index in [1.165, 1.54) is 25.7 Å². The molecule has 0 saturated heterocycles. The third-order valence-electron chi connectivity index (χ3n) is 2.50. The molecule has 3 nitrogen and oxygen atoms in total. The maximum absolute atomic E-state index is 10.5. The second kappa shape index (κ2) is 3.77. The molecule has 1 saturated carbocycles. The van der Waals surface area contributed by atoms with Crippen molar-refractivity contribution in [2.45, 2.75) is 31.7 Å². The highest BCUT2D eigenvalue weighted by atomic mass is 127. The number of hydrogen-bond acceptors (Lipinski definition) is 2. The van der Waals surface area contributed by atoms with Crippen molar-refractivity contribution in [1.82, 2.24) is 9.78 Å². The highest BCUT2D eigenvalue weighted by molar-refractivity contribution is 14.1. The first kappa shape index (κ1) is 9.18. The summed E-state index contributed by atoms with van der Waals surface area (Å²) in [4.78, 5) is 10.5. The van der Waals surface area contributed by atoms with Crippen LogP contribution in [0.25, 0.3) is 0 Å². The van der Waals surface area contributed by atoms with Crippen LogP contribution in [-0.4, -0.2) is 16.1 Å². The standard InChI is InChI=1S/C9H11IN2O/c10-9-5-7(6-13)11-12(9)8-3-1-2-4-8/h5-6,8H,1-4H2. The monoisotopic (exact) mass is 290 g/mol. The second-order valence-electron chi connectivity index (χ2n) is 3.39. The molecule has 1 aromatic heterocycles. The summed E-state index contributed by atoms with van der Waals surface area (Å²) in [5, 5.41) is 4.25. The third-order valence-corrected chi connectivity index (χ3v) is 3.31. The lowest BCUT2D eigenvalue weighted by Gasteiger charge is -2.10. The zero-order valence-corrected chi connectivity index (χ0v) is 9.40. The van der Waals surface area contributed by atoms with Crippen molar-refractivity contribution >= 4 is 28.9 Å². The highest BCUT2D eigenvalue weighted by Gasteiger charge is 2.19. The SMILES string of the molecule is O=Cc1cc(I)n(C2CCCC2)n1. The van der Waals surface area contributed by atoms with E-state index in [1.54, 1.807) is 0 Å². The molecule has 0 amide bonds. The molecular formula is C9H11IN2O. The van der Waals surface area contributed by atoms with Gasteiger partial charge < -0.3 is 0 Å². The Kier molecular flexibility index (Phi) is 2.66. The average molecular weight is 290 g/mol. The largest absolute Gasteiger partial charge is 0.296 e. The molecule has 1 aliphatic carbocycles. The number of halogens is 1. The zero-order valence-electron chi connectivity index (χ0n) is 7.24. The van der Waals surface area contributed by atoms with Crippen LogP contribution in [0.15, 0.2) is 6.07 Å². The van der Waals surface area contributed by atoms with Gasteiger partial charge in [0, 0.05) is 6.07 Å². The average Bonchev–Trinajstić information content (AvgIpc) is 2.72. The number of carbonyl (C=O) groups is 1. The number of hydrogen-bond donors (Lipinski definition) is 0. The molecule has 1 aliphatic rings. The molecule has 0 atom stereocenters. The highest BCUT2D eigenvalue weighted by Crippen LogP contribution is 2.30. The summed E-state index contributed by atoms with van der Waals surface area (Å²) in [6.07, 6.45) is 5.80. The first-order valence-corrected chi connectivity index (χ1v) is 5.59. The van der Waals surface area contributed by atoms with Gasteiger partial charge in [0.1, 0.15) is 5.69 Å². The summed E-state index contributed by atoms with van der Waals surface area (Å²) < 4.78 is 3.07. The van der Waals surface area contributed by atoms with Crippen molar-refractivity contribution in [3.63, 3.8) is 0 Å². The second-order valence-corrected chi connectivity index (χ2v) is 4.50. The topological polar surface area (TPSA) is 34.9 Å². The van der Waals surface area contributed by atoms with Gasteiger partial charge in [0.05, 0.1) is 9.74 Å². The van der Waals surface area contributed by atoms with Crippen molar-refractivity contribution in [1.29, 1.82) is 0 Å². The van der Waals surface area contributed by atoms with Gasteiger partial charge in [0.25, 0.3) is 0 Å². The summed E-state index contributed by atoms with van der Waals surface area (Å²) in [7, 11) is 0. The number of aldehydes is 1. The Morgan fingerprint density at radius 3 is 2.77 bits per heavy atom. The quantitative estimate of drug-likeness (QED) is 0.619. The van der Waals surface area contributed by atoms with E-state index in [0.717, 1.165) is 9.99 Å². The van der Waals surface area contributed by atoms with Crippen LogP contribution in [0.2, 0.25) is 0 Å². The van der Waals surface area contributed by atoms with Crippen LogP contribution in [0.3, 0.4) is 0 Å². The fraction of sp³-hybridized carbons (Fsp3) is 0.556. The van der Waals surface area contributed by atoms with E-state index < -0.39 is 0 Å². The molecule has 2 rings (SSSR count). The molecule has 0 unspecified atom stereocenters. The fourth-order valence-corrected chi connectivity index (χ4v) is 2.67. The lowest BCUT2D eigenvalue weighted by atomic mass is 10.3. The Morgan fingerprint density at radius 1 is 1.54 bits per heavy atom. The molecule has 0 N–H and O–H groups in total. The lowest BCUT2D eigenvalue weighted by molar-refractivity contribution is 0.111. The van der Waals surface area contributed by atoms with Gasteiger partial charge in [-0.25, -0.2) is 0 Å². The molecule has 0 radical (unpaired) electrons. The van der Waals surface area contributed by atoms with Gasteiger partial charge in [-0.3, -0.25) is 9.48 Å². The van der Waals surface area contributed by atoms with Gasteiger partial charge in [-0.15, -0.1) is 0 Å². The number of rotatable bonds is 2. The van der Waals surface area contributed by atoms with Crippen LogP contribution in [0.4, 0.5) is 0 Å². The maximum atomic E-state index is 10.5. The molecular weight excluding hydrogens is 279 g/mol. The predicted molar refractivity (Wildman–Crippen MR) is 57.8 cm³/mol. The van der Waals surface area contributed by atoms with Gasteiger partial charge >= 0.3 is 0 Å². The van der Waals surface area contributed by atoms with Crippen molar-refractivity contribution in [2.24, 2.45) is 0 Å². The molecule has 0 aromatic carbocycles. The van der Waals surface area contributed by atoms with E-state index in [-0.39, 0.29) is 0 Å². The van der Waals surface area contributed by atoms with Crippen LogP contribution < -0.4 is 0 Å². The molecule has 1 fully saturated rings. The van der Waals surface area contributed by atoms with Crippen LogP contribution in [0.1, 0.15) is 42.2 Å². The minimum atomic E-state index is 0.528. The van der Waals surface area contributed by atoms with E-state index >= 15 is 0 Å². The Labute approximate surface area is 90.6 Å². The molecule has 70 valence electrons. The van der Waals surface area contributed by atoms with Gasteiger partial charge in [-0.1, -0.05) is 12.8 Å². The van der Waals surface area contributed by atoms with Gasteiger partial charge in [0.15, 0.2) is 6.29 Å². The molecule has 4 heteroatoms. The van der Waals surface area contributed by atoms with Crippen molar-refractivity contribution in [3.05, 3.63) is 15.5 Å². The van der Waals surface area contributed by atoms with Crippen LogP contribution in [-0.2, 0) is 0 Å². The number of carbonyl (C=O) groups excluding carboxylic acids is 1. The summed E-state index contributed by atoms with van der Waals surface area (Å²) in [5.41, 5.74) is 0.552. The Hall–Kier alpha value is -0.390. The number of aromatic nitrogens is 2. The first-order valence-electron chi connectivity index (χ1n) is 4.51. The van der Waals surface area contributed by atoms with E-state index in [4.69, 9.17) is 0 Å². The minimum absolute atomic E-state index is 0.528. The van der Waals surface area contributed by atoms with Crippen molar-refractivity contribution in [2.75, 3.05) is 0 Å². The van der Waals surface area contributed by atoms with E-state index in [9.17, 15) is 4.79 Å². The summed E-state index contributed by atoms with van der Waals surface area (Å²) in [6.45, 7) is 0. The number of nitrogens with zero attached hydrogens (tertiary/aromatic N) is 2. The molecule has 0 bridgehead atoms. The van der Waals surface area contributed by atoms with Crippen molar-refractivity contribution < 1.29 is 4.79 Å². The molecule has 0 spiro atoms.